The summed E-state index contributed by atoms with van der Waals surface area (Å²) >= 11 is 0. The summed E-state index contributed by atoms with van der Waals surface area (Å²) in [5.41, 5.74) is 7.06. The summed E-state index contributed by atoms with van der Waals surface area (Å²) in [5.74, 6) is -1.50. The monoisotopic (exact) mass is 1740 g/mol. The van der Waals surface area contributed by atoms with E-state index < -0.39 is 76.2 Å². The predicted octanol–water partition coefficient (Wildman–Crippen LogP) is 15.6. The standard InChI is InChI=1S/C92H132N8O21Si2/c1-60(2)82(98-81(101)36-40-111-42-44-113-46-47-114-45-43-112-41-37-93-87(106)118-59-74-70-30-24-22-28-68(70)69-29-23-25-31-71(69)74)84(103)94-63(5)83(102)95-65-34-32-64(33-35-65)56-117-88(107)96-75-52-79(77(109-15)50-72(75)85(104)99-54-61(3)48-66(99)57-119-122(17,18)91(9,10)11)115-38-26-21-27-39-116-80-53-76(97-89(108)121-90(6,7)8)73(51-78(80)110-16)86(105)100-55-62(4)49-67(100)58-120-123(19,20)92(12,13)14/h22-25,28-35,50-53,60,63,66-67,74,82H,3-4,21,26-27,36-49,54-59H2,1-2,5-20H3,(H,93,106)(H,94,103)(H,95,102)(H,96,107)(H,97,108)(H,98,101)/t63-,66-,67-,82-/m0/s1. The van der Waals surface area contributed by atoms with Gasteiger partial charge in [0.1, 0.15) is 30.9 Å². The van der Waals surface area contributed by atoms with Crippen LogP contribution in [-0.4, -0.2) is 224 Å². The van der Waals surface area contributed by atoms with Gasteiger partial charge in [0, 0.05) is 49.8 Å². The van der Waals surface area contributed by atoms with Gasteiger partial charge < -0.3 is 92.0 Å². The molecule has 2 heterocycles. The number of fused-ring (bicyclic) bond motifs is 3. The number of likely N-dealkylation sites (tertiary alicyclic amines) is 2. The van der Waals surface area contributed by atoms with Gasteiger partial charge in [-0.15, -0.1) is 0 Å². The van der Waals surface area contributed by atoms with Crippen LogP contribution in [0.15, 0.2) is 121 Å². The molecule has 0 radical (unpaired) electrons. The summed E-state index contributed by atoms with van der Waals surface area (Å²) in [6.07, 6.45) is 0.654. The molecule has 2 fully saturated rings. The van der Waals surface area contributed by atoms with Gasteiger partial charge in [0.15, 0.2) is 39.6 Å². The van der Waals surface area contributed by atoms with Crippen molar-refractivity contribution in [1.29, 1.82) is 0 Å². The van der Waals surface area contributed by atoms with E-state index in [1.54, 1.807) is 80.8 Å². The summed E-state index contributed by atoms with van der Waals surface area (Å²) in [6, 6.07) is 26.5. The van der Waals surface area contributed by atoms with Gasteiger partial charge in [-0.25, -0.2) is 14.4 Å². The second-order valence-corrected chi connectivity index (χ2v) is 45.2. The molecule has 5 aromatic carbocycles. The van der Waals surface area contributed by atoms with Gasteiger partial charge >= 0.3 is 18.3 Å². The normalized spacial score (nSPS) is 15.3. The Balaban J connectivity index is 0.775. The average Bonchev–Trinajstić information content (AvgIpc) is 1.63. The van der Waals surface area contributed by atoms with Crippen LogP contribution in [0.1, 0.15) is 165 Å². The van der Waals surface area contributed by atoms with Crippen molar-refractivity contribution in [1.82, 2.24) is 25.8 Å². The van der Waals surface area contributed by atoms with Crippen LogP contribution in [0.25, 0.3) is 11.1 Å². The van der Waals surface area contributed by atoms with Gasteiger partial charge in [0.2, 0.25) is 17.7 Å². The second kappa shape index (κ2) is 45.7. The van der Waals surface area contributed by atoms with Crippen LogP contribution in [0.5, 0.6) is 23.0 Å². The van der Waals surface area contributed by atoms with Crippen LogP contribution in [0.2, 0.25) is 36.3 Å². The molecular formula is C92H132N8O21Si2. The minimum atomic E-state index is -2.24. The third-order valence-corrected chi connectivity index (χ3v) is 31.4. The van der Waals surface area contributed by atoms with Crippen molar-refractivity contribution in [3.63, 3.8) is 0 Å². The first-order chi connectivity index (χ1) is 58.2. The minimum Gasteiger partial charge on any atom is -0.493 e. The first kappa shape index (κ1) is 98.6. The van der Waals surface area contributed by atoms with E-state index in [2.05, 4.69) is 137 Å². The lowest BCUT2D eigenvalue weighted by Gasteiger charge is -2.38. The molecule has 0 unspecified atom stereocenters. The van der Waals surface area contributed by atoms with Crippen LogP contribution < -0.4 is 50.8 Å². The number of hydrogen-bond donors (Lipinski definition) is 6. The maximum Gasteiger partial charge on any atom is 0.412 e. The van der Waals surface area contributed by atoms with E-state index in [1.165, 1.54) is 33.3 Å². The zero-order valence-electron chi connectivity index (χ0n) is 75.3. The minimum absolute atomic E-state index is 0.0175. The lowest BCUT2D eigenvalue weighted by molar-refractivity contribution is -0.132. The number of carbonyl (C=O) groups is 8. The van der Waals surface area contributed by atoms with Crippen molar-refractivity contribution in [2.45, 2.75) is 200 Å². The third-order valence-electron chi connectivity index (χ3n) is 22.4. The van der Waals surface area contributed by atoms with Crippen LogP contribution in [0.3, 0.4) is 0 Å². The maximum atomic E-state index is 15.0. The number of nitrogens with one attached hydrogen (secondary N) is 6. The fourth-order valence-corrected chi connectivity index (χ4v) is 15.5. The molecule has 4 atom stereocenters. The number of ether oxygens (including phenoxy) is 11. The average molecular weight is 1740 g/mol. The topological polar surface area (TPSA) is 335 Å². The predicted molar refractivity (Wildman–Crippen MR) is 478 cm³/mol. The number of amides is 8. The van der Waals surface area contributed by atoms with Gasteiger partial charge in [-0.05, 0) is 154 Å². The van der Waals surface area contributed by atoms with Crippen molar-refractivity contribution in [3.05, 3.63) is 149 Å². The Morgan fingerprint density at radius 2 is 0.967 bits per heavy atom. The zero-order chi connectivity index (χ0) is 90.0. The lowest BCUT2D eigenvalue weighted by atomic mass is 9.98. The molecule has 123 heavy (non-hydrogen) atoms. The first-order valence-corrected chi connectivity index (χ1v) is 48.3. The van der Waals surface area contributed by atoms with Crippen molar-refractivity contribution >= 4 is 81.5 Å². The number of benzene rings is 5. The molecule has 2 aliphatic heterocycles. The summed E-state index contributed by atoms with van der Waals surface area (Å²) in [4.78, 5) is 113. The number of alkyl carbamates (subject to hydrolysis) is 1. The number of methoxy groups -OCH3 is 2. The van der Waals surface area contributed by atoms with Crippen LogP contribution in [0.4, 0.5) is 31.4 Å². The Morgan fingerprint density at radius 1 is 0.504 bits per heavy atom. The van der Waals surface area contributed by atoms with E-state index in [4.69, 9.17) is 61.0 Å². The van der Waals surface area contributed by atoms with E-state index in [9.17, 15) is 38.4 Å². The number of unbranched alkanes of at least 4 members (excludes halogenated alkanes) is 2. The summed E-state index contributed by atoms with van der Waals surface area (Å²) in [6.45, 7) is 44.6. The SMILES string of the molecule is C=C1C[C@@H](CO[Si](C)(C)C(C)(C)C)N(C(=O)c2cc(OC)c(OCCCCCOc3cc(NC(=O)OC(C)(C)C)c(C(=O)N4CC(=C)C[C@H]4CO[Si](C)(C)C(C)(C)C)cc3OC)cc2NC(=O)OCc2ccc(NC(=O)[C@H](C)NC(=O)[C@@H](NC(=O)CCOCCOCCOCCOCCNC(=O)OCC3c4ccccc4-c4ccccc43)C(C)C)cc2)C1. The molecular weight excluding hydrogens is 1610 g/mol. The van der Waals surface area contributed by atoms with E-state index in [0.29, 0.717) is 102 Å². The molecule has 8 rings (SSSR count). The van der Waals surface area contributed by atoms with Gasteiger partial charge in [-0.3, -0.25) is 34.6 Å². The fraction of sp³-hybridized carbons (Fsp3) is 0.543. The molecule has 5 aromatic rings. The van der Waals surface area contributed by atoms with Crippen LogP contribution in [-0.2, 0) is 63.0 Å². The van der Waals surface area contributed by atoms with E-state index in [0.717, 1.165) is 33.4 Å². The van der Waals surface area contributed by atoms with Crippen molar-refractivity contribution in [2.75, 3.05) is 136 Å². The number of hydrogen-bond acceptors (Lipinski definition) is 21. The second-order valence-electron chi connectivity index (χ2n) is 35.6. The van der Waals surface area contributed by atoms with Crippen LogP contribution in [0, 0.1) is 5.92 Å². The van der Waals surface area contributed by atoms with Gasteiger partial charge in [0.25, 0.3) is 11.8 Å². The highest BCUT2D eigenvalue weighted by atomic mass is 28.4. The van der Waals surface area contributed by atoms with E-state index in [1.807, 2.05) is 24.3 Å². The number of rotatable bonds is 45. The Labute approximate surface area is 727 Å². The molecule has 0 bridgehead atoms. The van der Waals surface area contributed by atoms with Crippen molar-refractivity contribution < 1.29 is 99.3 Å². The number of carbonyl (C=O) groups excluding carboxylic acids is 8. The highest BCUT2D eigenvalue weighted by Crippen LogP contribution is 2.46. The quantitative estimate of drug-likeness (QED) is 0.00912. The molecule has 8 amide bonds. The fourth-order valence-electron chi connectivity index (χ4n) is 13.4. The lowest BCUT2D eigenvalue weighted by Crippen LogP contribution is -2.53. The summed E-state index contributed by atoms with van der Waals surface area (Å²) < 4.78 is 76.9. The third kappa shape index (κ3) is 29.4. The molecule has 2 saturated heterocycles. The molecule has 0 saturated carbocycles. The molecule has 674 valence electrons. The molecule has 6 N–H and O–H groups in total. The smallest absolute Gasteiger partial charge is 0.412 e. The largest absolute Gasteiger partial charge is 0.493 e. The van der Waals surface area contributed by atoms with E-state index >= 15 is 0 Å². The molecule has 0 spiro atoms. The van der Waals surface area contributed by atoms with Crippen LogP contribution >= 0.6 is 0 Å². The Kier molecular flexibility index (Phi) is 36.6. The molecule has 3 aliphatic rings. The van der Waals surface area contributed by atoms with Gasteiger partial charge in [-0.2, -0.15) is 0 Å². The van der Waals surface area contributed by atoms with Gasteiger partial charge in [0.05, 0.1) is 128 Å². The number of anilines is 3. The zero-order valence-corrected chi connectivity index (χ0v) is 77.3. The summed E-state index contributed by atoms with van der Waals surface area (Å²) in [5, 5.41) is 16.5. The van der Waals surface area contributed by atoms with Crippen molar-refractivity contribution in [3.8, 4) is 34.1 Å². The first-order valence-electron chi connectivity index (χ1n) is 42.4. The number of nitrogens with zero attached hydrogens (tertiary/aromatic N) is 2. The molecule has 0 aromatic heterocycles. The molecule has 29 nitrogen and oxygen atoms in total. The highest BCUT2D eigenvalue weighted by Gasteiger charge is 2.43. The molecule has 1 aliphatic carbocycles. The van der Waals surface area contributed by atoms with Gasteiger partial charge in [-0.1, -0.05) is 140 Å². The Morgan fingerprint density at radius 3 is 1.43 bits per heavy atom. The Hall–Kier alpha value is -9.87. The van der Waals surface area contributed by atoms with E-state index in [-0.39, 0.29) is 145 Å². The Bertz CT molecular complexity index is 4400. The highest BCUT2D eigenvalue weighted by molar-refractivity contribution is 6.74. The van der Waals surface area contributed by atoms with Crippen molar-refractivity contribution in [2.24, 2.45) is 5.92 Å². The maximum absolute atomic E-state index is 15.0. The molecule has 31 heteroatoms. The summed E-state index contributed by atoms with van der Waals surface area (Å²) in [7, 11) is -1.47.